The topological polar surface area (TPSA) is 123 Å². The minimum atomic E-state index is -0.670. The Kier molecular flexibility index (Phi) is 4.33. The Balaban J connectivity index is 1.75. The Labute approximate surface area is 141 Å². The van der Waals surface area contributed by atoms with Crippen LogP contribution < -0.4 is 4.90 Å². The molecular weight excluding hydrogens is 332 g/mol. The lowest BCUT2D eigenvalue weighted by atomic mass is 10.2. The minimum Gasteiger partial charge on any atom is -0.459 e. The van der Waals surface area contributed by atoms with Crippen LogP contribution in [0.4, 0.5) is 17.1 Å². The molecule has 1 aromatic carbocycles. The highest BCUT2D eigenvalue weighted by Gasteiger charge is 2.28. The molecule has 25 heavy (non-hydrogen) atoms. The molecule has 1 fully saturated rings. The Bertz CT molecular complexity index is 811. The highest BCUT2D eigenvalue weighted by Crippen LogP contribution is 2.32. The maximum atomic E-state index is 12.2. The zero-order chi connectivity index (χ0) is 18.0. The number of nitro groups is 2. The van der Waals surface area contributed by atoms with Gasteiger partial charge in [0.2, 0.25) is 0 Å². The summed E-state index contributed by atoms with van der Waals surface area (Å²) in [5.41, 5.74) is -0.345. The van der Waals surface area contributed by atoms with Crippen LogP contribution in [-0.2, 0) is 0 Å². The van der Waals surface area contributed by atoms with Gasteiger partial charge in [-0.05, 0) is 18.2 Å². The molecule has 1 aromatic heterocycles. The average molecular weight is 346 g/mol. The quantitative estimate of drug-likeness (QED) is 0.613. The van der Waals surface area contributed by atoms with Crippen molar-refractivity contribution in [3.05, 3.63) is 62.6 Å². The smallest absolute Gasteiger partial charge is 0.299 e. The number of benzene rings is 1. The largest absolute Gasteiger partial charge is 0.459 e. The van der Waals surface area contributed by atoms with E-state index in [9.17, 15) is 25.0 Å². The standard InChI is InChI=1S/C15H14N4O6/c20-15(14-2-1-9-25-14)17-7-5-16(6-8-17)12-4-3-11(18(21)22)10-13(12)19(23)24/h1-4,9-10H,5-8H2. The Morgan fingerprint density at radius 1 is 1.04 bits per heavy atom. The fourth-order valence-electron chi connectivity index (χ4n) is 2.75. The van der Waals surface area contributed by atoms with E-state index in [1.165, 1.54) is 18.4 Å². The first kappa shape index (κ1) is 16.4. The van der Waals surface area contributed by atoms with Gasteiger partial charge in [-0.1, -0.05) is 0 Å². The van der Waals surface area contributed by atoms with Gasteiger partial charge in [0, 0.05) is 32.2 Å². The van der Waals surface area contributed by atoms with E-state index in [2.05, 4.69) is 0 Å². The molecule has 130 valence electrons. The molecule has 0 saturated carbocycles. The van der Waals surface area contributed by atoms with Crippen LogP contribution in [0.25, 0.3) is 0 Å². The van der Waals surface area contributed by atoms with E-state index in [0.717, 1.165) is 6.07 Å². The van der Waals surface area contributed by atoms with Crippen LogP contribution in [0, 0.1) is 20.2 Å². The number of amides is 1. The molecule has 2 heterocycles. The summed E-state index contributed by atoms with van der Waals surface area (Å²) in [5.74, 6) is 0.0117. The number of non-ortho nitro benzene ring substituents is 1. The first-order valence-corrected chi connectivity index (χ1v) is 7.48. The van der Waals surface area contributed by atoms with E-state index in [0.29, 0.717) is 31.9 Å². The Morgan fingerprint density at radius 3 is 2.32 bits per heavy atom. The van der Waals surface area contributed by atoms with E-state index in [-0.39, 0.29) is 23.0 Å². The van der Waals surface area contributed by atoms with E-state index in [1.807, 2.05) is 0 Å². The van der Waals surface area contributed by atoms with Crippen LogP contribution >= 0.6 is 0 Å². The number of piperazine rings is 1. The summed E-state index contributed by atoms with van der Waals surface area (Å²) in [5, 5.41) is 22.1. The maximum Gasteiger partial charge on any atom is 0.299 e. The van der Waals surface area contributed by atoms with Crippen LogP contribution in [0.15, 0.2) is 41.0 Å². The van der Waals surface area contributed by atoms with Gasteiger partial charge in [0.15, 0.2) is 5.76 Å². The molecular formula is C15H14N4O6. The average Bonchev–Trinajstić information content (AvgIpc) is 3.15. The SMILES string of the molecule is O=C(c1ccco1)N1CCN(c2ccc([N+](=O)[O-])cc2[N+](=O)[O-])CC1. The summed E-state index contributed by atoms with van der Waals surface area (Å²) in [4.78, 5) is 36.3. The van der Waals surface area contributed by atoms with Crippen molar-refractivity contribution in [2.45, 2.75) is 0 Å². The molecule has 10 nitrogen and oxygen atoms in total. The third-order valence-electron chi connectivity index (χ3n) is 4.01. The molecule has 0 radical (unpaired) electrons. The van der Waals surface area contributed by atoms with Gasteiger partial charge in [0.25, 0.3) is 17.3 Å². The van der Waals surface area contributed by atoms with Crippen molar-refractivity contribution in [2.75, 3.05) is 31.1 Å². The zero-order valence-corrected chi connectivity index (χ0v) is 13.0. The van der Waals surface area contributed by atoms with Crippen molar-refractivity contribution in [2.24, 2.45) is 0 Å². The third kappa shape index (κ3) is 3.27. The number of carbonyl (C=O) groups excluding carboxylic acids is 1. The van der Waals surface area contributed by atoms with Crippen molar-refractivity contribution < 1.29 is 19.1 Å². The van der Waals surface area contributed by atoms with E-state index < -0.39 is 9.85 Å². The molecule has 0 aliphatic carbocycles. The number of nitrogens with zero attached hydrogens (tertiary/aromatic N) is 4. The molecule has 0 spiro atoms. The van der Waals surface area contributed by atoms with Crippen molar-refractivity contribution in [1.82, 2.24) is 4.90 Å². The first-order chi connectivity index (χ1) is 12.0. The highest BCUT2D eigenvalue weighted by molar-refractivity contribution is 5.91. The molecule has 0 N–H and O–H groups in total. The number of rotatable bonds is 4. The van der Waals surface area contributed by atoms with Gasteiger partial charge in [0.1, 0.15) is 5.69 Å². The van der Waals surface area contributed by atoms with E-state index >= 15 is 0 Å². The van der Waals surface area contributed by atoms with E-state index in [1.54, 1.807) is 21.9 Å². The van der Waals surface area contributed by atoms with E-state index in [4.69, 9.17) is 4.42 Å². The van der Waals surface area contributed by atoms with Crippen molar-refractivity contribution in [1.29, 1.82) is 0 Å². The monoisotopic (exact) mass is 346 g/mol. The molecule has 0 bridgehead atoms. The van der Waals surface area contributed by atoms with Crippen molar-refractivity contribution >= 4 is 23.0 Å². The number of anilines is 1. The van der Waals surface area contributed by atoms with Crippen LogP contribution in [0.1, 0.15) is 10.6 Å². The molecule has 1 aliphatic heterocycles. The normalized spacial score (nSPS) is 14.4. The number of carbonyl (C=O) groups is 1. The minimum absolute atomic E-state index is 0.233. The van der Waals surface area contributed by atoms with Crippen molar-refractivity contribution in [3.63, 3.8) is 0 Å². The van der Waals surface area contributed by atoms with Crippen LogP contribution in [0.3, 0.4) is 0 Å². The summed E-state index contributed by atoms with van der Waals surface area (Å²) in [6, 6.07) is 6.78. The lowest BCUT2D eigenvalue weighted by molar-refractivity contribution is -0.393. The van der Waals surface area contributed by atoms with Crippen LogP contribution in [0.5, 0.6) is 0 Å². The van der Waals surface area contributed by atoms with Gasteiger partial charge in [-0.2, -0.15) is 0 Å². The number of hydrogen-bond donors (Lipinski definition) is 0. The molecule has 3 rings (SSSR count). The molecule has 10 heteroatoms. The lowest BCUT2D eigenvalue weighted by Crippen LogP contribution is -2.48. The second kappa shape index (κ2) is 6.59. The van der Waals surface area contributed by atoms with Crippen molar-refractivity contribution in [3.8, 4) is 0 Å². The van der Waals surface area contributed by atoms with Gasteiger partial charge in [0.05, 0.1) is 22.2 Å². The predicted octanol–water partition coefficient (Wildman–Crippen LogP) is 2.06. The molecule has 1 amide bonds. The Hall–Kier alpha value is -3.43. The summed E-state index contributed by atoms with van der Waals surface area (Å²) in [6.07, 6.45) is 1.42. The zero-order valence-electron chi connectivity index (χ0n) is 13.0. The number of furan rings is 1. The lowest BCUT2D eigenvalue weighted by Gasteiger charge is -2.35. The van der Waals surface area contributed by atoms with Gasteiger partial charge >= 0.3 is 0 Å². The second-order valence-corrected chi connectivity index (χ2v) is 5.44. The first-order valence-electron chi connectivity index (χ1n) is 7.48. The molecule has 0 unspecified atom stereocenters. The van der Waals surface area contributed by atoms with Gasteiger partial charge < -0.3 is 14.2 Å². The Morgan fingerprint density at radius 2 is 1.76 bits per heavy atom. The highest BCUT2D eigenvalue weighted by atomic mass is 16.6. The van der Waals surface area contributed by atoms with Gasteiger partial charge in [-0.15, -0.1) is 0 Å². The number of hydrogen-bond acceptors (Lipinski definition) is 7. The fraction of sp³-hybridized carbons (Fsp3) is 0.267. The third-order valence-corrected chi connectivity index (χ3v) is 4.01. The molecule has 1 aliphatic rings. The second-order valence-electron chi connectivity index (χ2n) is 5.44. The molecule has 2 aromatic rings. The van der Waals surface area contributed by atoms with Gasteiger partial charge in [-0.25, -0.2) is 0 Å². The van der Waals surface area contributed by atoms with Crippen LogP contribution in [0.2, 0.25) is 0 Å². The predicted molar refractivity (Wildman–Crippen MR) is 86.6 cm³/mol. The summed E-state index contributed by atoms with van der Waals surface area (Å²) < 4.78 is 5.09. The summed E-state index contributed by atoms with van der Waals surface area (Å²) in [7, 11) is 0. The maximum absolute atomic E-state index is 12.2. The summed E-state index contributed by atoms with van der Waals surface area (Å²) >= 11 is 0. The fourth-order valence-corrected chi connectivity index (χ4v) is 2.75. The van der Waals surface area contributed by atoms with Crippen LogP contribution in [-0.4, -0.2) is 46.8 Å². The summed E-state index contributed by atoms with van der Waals surface area (Å²) in [6.45, 7) is 1.50. The van der Waals surface area contributed by atoms with Gasteiger partial charge in [-0.3, -0.25) is 25.0 Å². The molecule has 1 saturated heterocycles. The molecule has 0 atom stereocenters. The number of nitro benzene ring substituents is 2.